The summed E-state index contributed by atoms with van der Waals surface area (Å²) in [7, 11) is -2.17. The lowest BCUT2D eigenvalue weighted by Crippen LogP contribution is -2.41. The van der Waals surface area contributed by atoms with Crippen LogP contribution in [0.3, 0.4) is 0 Å². The molecule has 1 aliphatic heterocycles. The summed E-state index contributed by atoms with van der Waals surface area (Å²) in [6.07, 6.45) is 2.23. The molecule has 3 rings (SSSR count). The van der Waals surface area contributed by atoms with Crippen molar-refractivity contribution in [2.24, 2.45) is 18.7 Å². The second-order valence-electron chi connectivity index (χ2n) is 6.71. The number of carbonyl (C=O) groups is 2. The number of hydrogen-bond acceptors (Lipinski definition) is 4. The Morgan fingerprint density at radius 3 is 2.32 bits per heavy atom. The summed E-state index contributed by atoms with van der Waals surface area (Å²) in [5.41, 5.74) is 6.09. The van der Waals surface area contributed by atoms with Gasteiger partial charge >= 0.3 is 0 Å². The third kappa shape index (κ3) is 4.29. The van der Waals surface area contributed by atoms with Crippen molar-refractivity contribution in [3.8, 4) is 0 Å². The van der Waals surface area contributed by atoms with Crippen molar-refractivity contribution >= 4 is 43.5 Å². The molecular weight excluding hydrogens is 448 g/mol. The van der Waals surface area contributed by atoms with Crippen LogP contribution >= 0.6 is 15.9 Å². The first kappa shape index (κ1) is 20.6. The summed E-state index contributed by atoms with van der Waals surface area (Å²) >= 11 is 3.34. The fourth-order valence-corrected chi connectivity index (χ4v) is 5.01. The Kier molecular flexibility index (Phi) is 5.92. The first-order valence-corrected chi connectivity index (χ1v) is 10.9. The van der Waals surface area contributed by atoms with Gasteiger partial charge < -0.3 is 15.6 Å². The minimum Gasteiger partial charge on any atom is -0.364 e. The number of amides is 2. The van der Waals surface area contributed by atoms with Crippen molar-refractivity contribution in [1.82, 2.24) is 8.87 Å². The molecule has 2 heterocycles. The molecule has 1 fully saturated rings. The van der Waals surface area contributed by atoms with Gasteiger partial charge in [0.15, 0.2) is 0 Å². The monoisotopic (exact) mass is 468 g/mol. The van der Waals surface area contributed by atoms with E-state index >= 15 is 0 Å². The fourth-order valence-electron chi connectivity index (χ4n) is 3.21. The van der Waals surface area contributed by atoms with E-state index in [4.69, 9.17) is 5.73 Å². The molecule has 0 bridgehead atoms. The maximum Gasteiger partial charge on any atom is 0.265 e. The van der Waals surface area contributed by atoms with E-state index in [1.165, 1.54) is 21.1 Å². The van der Waals surface area contributed by atoms with Gasteiger partial charge in [-0.15, -0.1) is 0 Å². The zero-order chi connectivity index (χ0) is 20.5. The number of hydrogen-bond donors (Lipinski definition) is 2. The maximum absolute atomic E-state index is 12.8. The molecule has 0 unspecified atom stereocenters. The number of rotatable bonds is 5. The van der Waals surface area contributed by atoms with E-state index in [1.807, 2.05) is 12.1 Å². The van der Waals surface area contributed by atoms with Gasteiger partial charge in [-0.05, 0) is 43.2 Å². The van der Waals surface area contributed by atoms with Gasteiger partial charge in [-0.3, -0.25) is 9.59 Å². The summed E-state index contributed by atoms with van der Waals surface area (Å²) < 4.78 is 29.3. The third-order valence-corrected chi connectivity index (χ3v) is 7.20. The number of nitrogens with two attached hydrogens (primary N) is 1. The van der Waals surface area contributed by atoms with Crippen LogP contribution in [0, 0.1) is 5.92 Å². The topological polar surface area (TPSA) is 114 Å². The van der Waals surface area contributed by atoms with Gasteiger partial charge in [0.05, 0.1) is 0 Å². The summed E-state index contributed by atoms with van der Waals surface area (Å²) in [5.74, 6) is -1.06. The number of carbonyl (C=O) groups excluding carboxylic acids is 2. The quantitative estimate of drug-likeness (QED) is 0.697. The second kappa shape index (κ2) is 8.06. The van der Waals surface area contributed by atoms with Crippen LogP contribution in [0.5, 0.6) is 0 Å². The Bertz CT molecular complexity index is 993. The smallest absolute Gasteiger partial charge is 0.265 e. The summed E-state index contributed by atoms with van der Waals surface area (Å²) in [4.78, 5) is 23.9. The average Bonchev–Trinajstić information content (AvgIpc) is 3.06. The minimum atomic E-state index is -3.74. The number of nitrogens with zero attached hydrogens (tertiary/aromatic N) is 2. The van der Waals surface area contributed by atoms with Crippen LogP contribution in [-0.2, 0) is 21.9 Å². The standard InChI is InChI=1S/C18H21BrN4O4S/c1-22-11-15(10-16(22)17(20)24)28(26,27)23-8-6-12(7-9-23)18(25)21-14-4-2-13(19)3-5-14/h2-5,10-12H,6-9H2,1H3,(H2,20,24)(H,21,25). The molecule has 28 heavy (non-hydrogen) atoms. The number of anilines is 1. The van der Waals surface area contributed by atoms with Crippen LogP contribution in [0.25, 0.3) is 0 Å². The first-order valence-electron chi connectivity index (χ1n) is 8.71. The molecule has 0 radical (unpaired) electrons. The van der Waals surface area contributed by atoms with Crippen LogP contribution < -0.4 is 11.1 Å². The molecule has 0 aliphatic carbocycles. The number of aryl methyl sites for hydroxylation is 1. The van der Waals surface area contributed by atoms with Gasteiger partial charge in [0.1, 0.15) is 10.6 Å². The van der Waals surface area contributed by atoms with Gasteiger partial charge in [0.2, 0.25) is 15.9 Å². The molecule has 1 aromatic heterocycles. The number of aromatic nitrogens is 1. The molecule has 1 saturated heterocycles. The molecule has 0 spiro atoms. The molecule has 1 aliphatic rings. The van der Waals surface area contributed by atoms with Gasteiger partial charge in [-0.2, -0.15) is 4.31 Å². The van der Waals surface area contributed by atoms with Crippen molar-refractivity contribution in [3.05, 3.63) is 46.7 Å². The lowest BCUT2D eigenvalue weighted by Gasteiger charge is -2.30. The molecule has 10 heteroatoms. The summed E-state index contributed by atoms with van der Waals surface area (Å²) in [6.45, 7) is 0.475. The lowest BCUT2D eigenvalue weighted by molar-refractivity contribution is -0.120. The second-order valence-corrected chi connectivity index (χ2v) is 9.56. The molecule has 0 saturated carbocycles. The van der Waals surface area contributed by atoms with E-state index in [-0.39, 0.29) is 35.5 Å². The molecule has 3 N–H and O–H groups in total. The van der Waals surface area contributed by atoms with Crippen molar-refractivity contribution in [2.75, 3.05) is 18.4 Å². The van der Waals surface area contributed by atoms with E-state index in [0.717, 1.165) is 4.47 Å². The number of piperidine rings is 1. The minimum absolute atomic E-state index is 0.0292. The Hall–Kier alpha value is -2.17. The highest BCUT2D eigenvalue weighted by Gasteiger charge is 2.33. The number of halogens is 1. The fraction of sp³-hybridized carbons (Fsp3) is 0.333. The van der Waals surface area contributed by atoms with Crippen molar-refractivity contribution < 1.29 is 18.0 Å². The van der Waals surface area contributed by atoms with Crippen molar-refractivity contribution in [2.45, 2.75) is 17.7 Å². The van der Waals surface area contributed by atoms with E-state index < -0.39 is 15.9 Å². The largest absolute Gasteiger partial charge is 0.364 e. The zero-order valence-corrected chi connectivity index (χ0v) is 17.7. The molecule has 2 aromatic rings. The van der Waals surface area contributed by atoms with Crippen molar-refractivity contribution in [1.29, 1.82) is 0 Å². The van der Waals surface area contributed by atoms with E-state index in [2.05, 4.69) is 21.2 Å². The number of nitrogens with one attached hydrogen (secondary N) is 1. The third-order valence-electron chi connectivity index (χ3n) is 4.81. The molecule has 150 valence electrons. The van der Waals surface area contributed by atoms with Crippen LogP contribution in [0.2, 0.25) is 0 Å². The Labute approximate surface area is 171 Å². The van der Waals surface area contributed by atoms with Crippen LogP contribution in [0.15, 0.2) is 45.9 Å². The van der Waals surface area contributed by atoms with Gasteiger partial charge in [-0.1, -0.05) is 15.9 Å². The number of benzene rings is 1. The SMILES string of the molecule is Cn1cc(S(=O)(=O)N2CCC(C(=O)Nc3ccc(Br)cc3)CC2)cc1C(N)=O. The number of primary amides is 1. The van der Waals surface area contributed by atoms with Crippen molar-refractivity contribution in [3.63, 3.8) is 0 Å². The molecule has 0 atom stereocenters. The van der Waals surface area contributed by atoms with Gasteiger partial charge in [-0.25, -0.2) is 8.42 Å². The summed E-state index contributed by atoms with van der Waals surface area (Å²) in [5, 5.41) is 2.86. The van der Waals surface area contributed by atoms with E-state index in [9.17, 15) is 18.0 Å². The number of sulfonamides is 1. The Morgan fingerprint density at radius 1 is 1.18 bits per heavy atom. The Morgan fingerprint density at radius 2 is 1.79 bits per heavy atom. The predicted octanol–water partition coefficient (Wildman–Crippen LogP) is 1.93. The molecule has 8 nitrogen and oxygen atoms in total. The van der Waals surface area contributed by atoms with E-state index in [1.54, 1.807) is 19.2 Å². The highest BCUT2D eigenvalue weighted by Crippen LogP contribution is 2.26. The van der Waals surface area contributed by atoms with Crippen LogP contribution in [0.4, 0.5) is 5.69 Å². The van der Waals surface area contributed by atoms with Crippen LogP contribution in [0.1, 0.15) is 23.3 Å². The van der Waals surface area contributed by atoms with Gasteiger partial charge in [0.25, 0.3) is 5.91 Å². The zero-order valence-electron chi connectivity index (χ0n) is 15.3. The van der Waals surface area contributed by atoms with E-state index in [0.29, 0.717) is 18.5 Å². The Balaban J connectivity index is 1.64. The highest BCUT2D eigenvalue weighted by molar-refractivity contribution is 9.10. The molecule has 2 amide bonds. The highest BCUT2D eigenvalue weighted by atomic mass is 79.9. The molecular formula is C18H21BrN4O4S. The predicted molar refractivity (Wildman–Crippen MR) is 108 cm³/mol. The lowest BCUT2D eigenvalue weighted by atomic mass is 9.97. The average molecular weight is 469 g/mol. The first-order chi connectivity index (χ1) is 13.2. The van der Waals surface area contributed by atoms with Crippen LogP contribution in [-0.4, -0.2) is 42.2 Å². The van der Waals surface area contributed by atoms with Gasteiger partial charge in [0, 0.05) is 42.4 Å². The normalized spacial score (nSPS) is 16.1. The maximum atomic E-state index is 12.8. The summed E-state index contributed by atoms with van der Waals surface area (Å²) in [6, 6.07) is 8.56. The molecule has 1 aromatic carbocycles.